The summed E-state index contributed by atoms with van der Waals surface area (Å²) in [5.74, 6) is 0. The first kappa shape index (κ1) is 10.7. The molecule has 0 spiro atoms. The molecule has 3 rings (SSSR count). The molecule has 1 unspecified atom stereocenters. The number of benzene rings is 1. The molecule has 2 N–H and O–H groups in total. The Labute approximate surface area is 103 Å². The van der Waals surface area contributed by atoms with Crippen molar-refractivity contribution in [1.82, 2.24) is 0 Å². The fourth-order valence-corrected chi connectivity index (χ4v) is 2.50. The average Bonchev–Trinajstić information content (AvgIpc) is 2.92. The maximum atomic E-state index is 6.28. The first-order valence-corrected chi connectivity index (χ1v) is 5.86. The molecule has 0 fully saturated rings. The van der Waals surface area contributed by atoms with Gasteiger partial charge in [-0.25, -0.2) is 0 Å². The van der Waals surface area contributed by atoms with Crippen LogP contribution in [0.3, 0.4) is 0 Å². The maximum absolute atomic E-state index is 6.28. The molecule has 0 saturated heterocycles. The van der Waals surface area contributed by atoms with Gasteiger partial charge in [-0.3, -0.25) is 0 Å². The zero-order valence-electron chi connectivity index (χ0n) is 9.37. The minimum Gasteiger partial charge on any atom is -0.464 e. The van der Waals surface area contributed by atoms with Gasteiger partial charge in [0.1, 0.15) is 5.58 Å². The molecular formula is C13H12ClNO2. The number of rotatable bonds is 2. The molecule has 0 aliphatic heterocycles. The Kier molecular flexibility index (Phi) is 2.38. The summed E-state index contributed by atoms with van der Waals surface area (Å²) in [4.78, 5) is 0. The molecule has 1 aromatic carbocycles. The van der Waals surface area contributed by atoms with E-state index in [9.17, 15) is 0 Å². The average molecular weight is 250 g/mol. The van der Waals surface area contributed by atoms with E-state index in [-0.39, 0.29) is 6.04 Å². The van der Waals surface area contributed by atoms with Gasteiger partial charge in [-0.05, 0) is 25.5 Å². The molecular weight excluding hydrogens is 238 g/mol. The highest BCUT2D eigenvalue weighted by Crippen LogP contribution is 2.37. The van der Waals surface area contributed by atoms with E-state index >= 15 is 0 Å². The largest absolute Gasteiger partial charge is 0.464 e. The highest BCUT2D eigenvalue weighted by molar-refractivity contribution is 6.40. The fraction of sp³-hybridized carbons (Fsp3) is 0.231. The Balaban J connectivity index is 2.43. The fourth-order valence-electron chi connectivity index (χ4n) is 2.20. The molecule has 2 aromatic heterocycles. The van der Waals surface area contributed by atoms with Crippen molar-refractivity contribution in [2.75, 3.05) is 0 Å². The van der Waals surface area contributed by atoms with Crippen molar-refractivity contribution < 1.29 is 8.83 Å². The molecule has 2 heterocycles. The van der Waals surface area contributed by atoms with Crippen LogP contribution in [-0.2, 0) is 6.42 Å². The quantitative estimate of drug-likeness (QED) is 0.753. The molecule has 0 saturated carbocycles. The van der Waals surface area contributed by atoms with E-state index in [4.69, 9.17) is 26.2 Å². The zero-order valence-corrected chi connectivity index (χ0v) is 10.1. The predicted octanol–water partition coefficient (Wildman–Crippen LogP) is 3.72. The van der Waals surface area contributed by atoms with Crippen LogP contribution in [-0.4, -0.2) is 6.04 Å². The molecule has 88 valence electrons. The van der Waals surface area contributed by atoms with Gasteiger partial charge in [0, 0.05) is 22.4 Å². The van der Waals surface area contributed by atoms with Crippen LogP contribution in [0, 0.1) is 0 Å². The molecule has 0 amide bonds. The lowest BCUT2D eigenvalue weighted by atomic mass is 10.0. The molecule has 17 heavy (non-hydrogen) atoms. The summed E-state index contributed by atoms with van der Waals surface area (Å²) in [6.07, 6.45) is 4.01. The Morgan fingerprint density at radius 2 is 1.82 bits per heavy atom. The second kappa shape index (κ2) is 3.79. The summed E-state index contributed by atoms with van der Waals surface area (Å²) in [6.45, 7) is 1.97. The lowest BCUT2D eigenvalue weighted by molar-refractivity contribution is 0.605. The third-order valence-electron chi connectivity index (χ3n) is 2.89. The van der Waals surface area contributed by atoms with Gasteiger partial charge >= 0.3 is 0 Å². The van der Waals surface area contributed by atoms with Gasteiger partial charge < -0.3 is 14.6 Å². The van der Waals surface area contributed by atoms with E-state index in [0.29, 0.717) is 10.6 Å². The van der Waals surface area contributed by atoms with Crippen molar-refractivity contribution >= 4 is 33.5 Å². The van der Waals surface area contributed by atoms with Crippen LogP contribution in [0.5, 0.6) is 0 Å². The highest BCUT2D eigenvalue weighted by Gasteiger charge is 2.17. The van der Waals surface area contributed by atoms with Crippen molar-refractivity contribution in [3.63, 3.8) is 0 Å². The molecule has 3 aromatic rings. The molecule has 0 bridgehead atoms. The Hall–Kier alpha value is -1.45. The van der Waals surface area contributed by atoms with Gasteiger partial charge in [0.05, 0.1) is 17.5 Å². The summed E-state index contributed by atoms with van der Waals surface area (Å²) in [6, 6.07) is 3.81. The van der Waals surface area contributed by atoms with Crippen LogP contribution in [0.1, 0.15) is 12.5 Å². The van der Waals surface area contributed by atoms with Gasteiger partial charge in [0.2, 0.25) is 0 Å². The zero-order chi connectivity index (χ0) is 12.0. The van der Waals surface area contributed by atoms with Gasteiger partial charge in [0.15, 0.2) is 5.58 Å². The summed E-state index contributed by atoms with van der Waals surface area (Å²) in [7, 11) is 0. The van der Waals surface area contributed by atoms with Crippen molar-refractivity contribution in [3.05, 3.63) is 35.2 Å². The first-order valence-electron chi connectivity index (χ1n) is 5.49. The normalized spacial score (nSPS) is 13.6. The van der Waals surface area contributed by atoms with Gasteiger partial charge in [-0.15, -0.1) is 0 Å². The number of hydrogen-bond donors (Lipinski definition) is 1. The minimum absolute atomic E-state index is 0.0579. The molecule has 1 atom stereocenters. The Morgan fingerprint density at radius 3 is 2.53 bits per heavy atom. The van der Waals surface area contributed by atoms with Crippen LogP contribution in [0.15, 0.2) is 33.5 Å². The van der Waals surface area contributed by atoms with E-state index in [2.05, 4.69) is 0 Å². The maximum Gasteiger partial charge on any atom is 0.153 e. The smallest absolute Gasteiger partial charge is 0.153 e. The Morgan fingerprint density at radius 1 is 1.18 bits per heavy atom. The van der Waals surface area contributed by atoms with Gasteiger partial charge in [0.25, 0.3) is 0 Å². The molecule has 4 heteroatoms. The lowest BCUT2D eigenvalue weighted by Gasteiger charge is -2.08. The van der Waals surface area contributed by atoms with E-state index in [1.165, 1.54) is 0 Å². The second-order valence-corrected chi connectivity index (χ2v) is 4.68. The number of nitrogens with two attached hydrogens (primary N) is 1. The van der Waals surface area contributed by atoms with Crippen molar-refractivity contribution in [1.29, 1.82) is 0 Å². The molecule has 0 radical (unpaired) electrons. The number of hydrogen-bond acceptors (Lipinski definition) is 3. The monoisotopic (exact) mass is 249 g/mol. The third-order valence-corrected chi connectivity index (χ3v) is 3.27. The van der Waals surface area contributed by atoms with E-state index in [1.54, 1.807) is 12.5 Å². The molecule has 0 aliphatic rings. The van der Waals surface area contributed by atoms with Crippen LogP contribution in [0.2, 0.25) is 5.02 Å². The van der Waals surface area contributed by atoms with Gasteiger partial charge in [-0.2, -0.15) is 0 Å². The SMILES string of the molecule is CC(N)Cc1c2ccoc2c(Cl)c2ccoc12. The van der Waals surface area contributed by atoms with Crippen LogP contribution < -0.4 is 5.73 Å². The Bertz CT molecular complexity index is 629. The summed E-state index contributed by atoms with van der Waals surface area (Å²) >= 11 is 6.28. The number of fused-ring (bicyclic) bond motifs is 2. The lowest BCUT2D eigenvalue weighted by Crippen LogP contribution is -2.18. The van der Waals surface area contributed by atoms with Crippen LogP contribution in [0.4, 0.5) is 0 Å². The number of furan rings is 2. The molecule has 3 nitrogen and oxygen atoms in total. The highest BCUT2D eigenvalue weighted by atomic mass is 35.5. The third kappa shape index (κ3) is 1.54. The van der Waals surface area contributed by atoms with Crippen molar-refractivity contribution in [2.24, 2.45) is 5.73 Å². The minimum atomic E-state index is 0.0579. The van der Waals surface area contributed by atoms with E-state index < -0.39 is 0 Å². The van der Waals surface area contributed by atoms with Crippen LogP contribution >= 0.6 is 11.6 Å². The first-order chi connectivity index (χ1) is 8.18. The van der Waals surface area contributed by atoms with E-state index in [0.717, 1.165) is 28.3 Å². The predicted molar refractivity (Wildman–Crippen MR) is 68.3 cm³/mol. The second-order valence-electron chi connectivity index (χ2n) is 4.30. The van der Waals surface area contributed by atoms with Gasteiger partial charge in [-0.1, -0.05) is 11.6 Å². The van der Waals surface area contributed by atoms with Crippen molar-refractivity contribution in [3.8, 4) is 0 Å². The summed E-state index contributed by atoms with van der Waals surface area (Å²) in [5.41, 5.74) is 8.45. The number of halogens is 1. The molecule has 0 aliphatic carbocycles. The van der Waals surface area contributed by atoms with E-state index in [1.807, 2.05) is 19.1 Å². The van der Waals surface area contributed by atoms with Crippen molar-refractivity contribution in [2.45, 2.75) is 19.4 Å². The standard InChI is InChI=1S/C13H12ClNO2/c1-7(15)6-10-8-2-4-17-13(8)11(14)9-3-5-16-12(9)10/h2-5,7H,6,15H2,1H3. The topological polar surface area (TPSA) is 52.3 Å². The van der Waals surface area contributed by atoms with Crippen LogP contribution in [0.25, 0.3) is 21.9 Å². The summed E-state index contributed by atoms with van der Waals surface area (Å²) < 4.78 is 11.0. The summed E-state index contributed by atoms with van der Waals surface area (Å²) in [5, 5.41) is 2.46.